The summed E-state index contributed by atoms with van der Waals surface area (Å²) in [7, 11) is 3.78. The molecule has 0 saturated carbocycles. The van der Waals surface area contributed by atoms with E-state index in [4.69, 9.17) is 4.74 Å². The number of methoxy groups -OCH3 is 1. The normalized spacial score (nSPS) is 11.0. The SMILES string of the molecule is COCCNCCN(C)Cc1cccc(O)c1. The Kier molecular flexibility index (Phi) is 6.62. The third-order valence-electron chi connectivity index (χ3n) is 2.52. The van der Waals surface area contributed by atoms with Crippen LogP contribution in [0.15, 0.2) is 24.3 Å². The molecule has 0 atom stereocenters. The first-order valence-electron chi connectivity index (χ1n) is 5.88. The number of aromatic hydroxyl groups is 1. The minimum absolute atomic E-state index is 0.328. The lowest BCUT2D eigenvalue weighted by molar-refractivity contribution is 0.197. The fraction of sp³-hybridized carbons (Fsp3) is 0.538. The van der Waals surface area contributed by atoms with Gasteiger partial charge in [-0.25, -0.2) is 0 Å². The topological polar surface area (TPSA) is 44.7 Å². The van der Waals surface area contributed by atoms with Gasteiger partial charge in [0.1, 0.15) is 5.75 Å². The molecule has 1 rings (SSSR count). The minimum Gasteiger partial charge on any atom is -0.508 e. The highest BCUT2D eigenvalue weighted by Gasteiger charge is 2.00. The van der Waals surface area contributed by atoms with E-state index in [2.05, 4.69) is 17.3 Å². The lowest BCUT2D eigenvalue weighted by Gasteiger charge is -2.17. The van der Waals surface area contributed by atoms with Crippen LogP contribution in [0.5, 0.6) is 5.75 Å². The molecular weight excluding hydrogens is 216 g/mol. The van der Waals surface area contributed by atoms with E-state index in [1.54, 1.807) is 19.2 Å². The smallest absolute Gasteiger partial charge is 0.115 e. The third kappa shape index (κ3) is 6.26. The van der Waals surface area contributed by atoms with Crippen molar-refractivity contribution in [2.75, 3.05) is 40.4 Å². The molecule has 0 radical (unpaired) electrons. The van der Waals surface area contributed by atoms with Gasteiger partial charge in [0.05, 0.1) is 6.61 Å². The maximum Gasteiger partial charge on any atom is 0.115 e. The second kappa shape index (κ2) is 8.06. The first kappa shape index (κ1) is 14.0. The molecule has 0 saturated heterocycles. The van der Waals surface area contributed by atoms with Crippen LogP contribution >= 0.6 is 0 Å². The summed E-state index contributed by atoms with van der Waals surface area (Å²) in [6, 6.07) is 7.38. The van der Waals surface area contributed by atoms with Crippen molar-refractivity contribution in [3.05, 3.63) is 29.8 Å². The number of phenols is 1. The summed E-state index contributed by atoms with van der Waals surface area (Å²) in [5.41, 5.74) is 1.13. The highest BCUT2D eigenvalue weighted by Crippen LogP contribution is 2.11. The zero-order chi connectivity index (χ0) is 12.5. The van der Waals surface area contributed by atoms with Crippen LogP contribution in [0.2, 0.25) is 0 Å². The third-order valence-corrected chi connectivity index (χ3v) is 2.52. The molecule has 0 aromatic heterocycles. The molecule has 2 N–H and O–H groups in total. The molecule has 1 aromatic rings. The van der Waals surface area contributed by atoms with E-state index in [-0.39, 0.29) is 0 Å². The Bertz CT molecular complexity index is 318. The average Bonchev–Trinajstić information content (AvgIpc) is 2.29. The van der Waals surface area contributed by atoms with Gasteiger partial charge in [-0.05, 0) is 24.7 Å². The summed E-state index contributed by atoms with van der Waals surface area (Å²) in [5.74, 6) is 0.328. The molecule has 0 heterocycles. The first-order chi connectivity index (χ1) is 8.22. The number of rotatable bonds is 8. The number of ether oxygens (including phenoxy) is 1. The number of nitrogens with one attached hydrogen (secondary N) is 1. The van der Waals surface area contributed by atoms with Gasteiger partial charge in [0.25, 0.3) is 0 Å². The van der Waals surface area contributed by atoms with Crippen LogP contribution in [0, 0.1) is 0 Å². The molecule has 96 valence electrons. The lowest BCUT2D eigenvalue weighted by Crippen LogP contribution is -2.30. The fourth-order valence-corrected chi connectivity index (χ4v) is 1.61. The summed E-state index contributed by atoms with van der Waals surface area (Å²) >= 11 is 0. The Morgan fingerprint density at radius 3 is 2.88 bits per heavy atom. The van der Waals surface area contributed by atoms with Gasteiger partial charge in [0.15, 0.2) is 0 Å². The van der Waals surface area contributed by atoms with Crippen molar-refractivity contribution in [2.24, 2.45) is 0 Å². The predicted molar refractivity (Wildman–Crippen MR) is 69.2 cm³/mol. The monoisotopic (exact) mass is 238 g/mol. The van der Waals surface area contributed by atoms with Crippen LogP contribution in [0.3, 0.4) is 0 Å². The number of benzene rings is 1. The second-order valence-corrected chi connectivity index (χ2v) is 4.15. The van der Waals surface area contributed by atoms with Crippen LogP contribution in [-0.2, 0) is 11.3 Å². The quantitative estimate of drug-likeness (QED) is 0.665. The molecule has 0 spiro atoms. The van der Waals surface area contributed by atoms with Crippen molar-refractivity contribution >= 4 is 0 Å². The number of likely N-dealkylation sites (N-methyl/N-ethyl adjacent to an activating group) is 1. The molecular formula is C13H22N2O2. The van der Waals surface area contributed by atoms with Crippen LogP contribution in [0.4, 0.5) is 0 Å². The van der Waals surface area contributed by atoms with Gasteiger partial charge in [-0.3, -0.25) is 0 Å². The Balaban J connectivity index is 2.18. The van der Waals surface area contributed by atoms with Crippen LogP contribution in [0.1, 0.15) is 5.56 Å². The maximum absolute atomic E-state index is 9.35. The van der Waals surface area contributed by atoms with Gasteiger partial charge in [-0.2, -0.15) is 0 Å². The second-order valence-electron chi connectivity index (χ2n) is 4.15. The van der Waals surface area contributed by atoms with Gasteiger partial charge in [-0.15, -0.1) is 0 Å². The Morgan fingerprint density at radius 2 is 2.18 bits per heavy atom. The van der Waals surface area contributed by atoms with Gasteiger partial charge >= 0.3 is 0 Å². The summed E-state index contributed by atoms with van der Waals surface area (Å²) in [4.78, 5) is 2.22. The van der Waals surface area contributed by atoms with E-state index in [0.29, 0.717) is 5.75 Å². The van der Waals surface area contributed by atoms with E-state index in [9.17, 15) is 5.11 Å². The van der Waals surface area contributed by atoms with Crippen LogP contribution in [0.25, 0.3) is 0 Å². The van der Waals surface area contributed by atoms with Crippen molar-refractivity contribution in [1.82, 2.24) is 10.2 Å². The molecule has 0 aliphatic carbocycles. The Morgan fingerprint density at radius 1 is 1.35 bits per heavy atom. The molecule has 0 aliphatic rings. The highest BCUT2D eigenvalue weighted by atomic mass is 16.5. The van der Waals surface area contributed by atoms with Crippen LogP contribution in [-0.4, -0.2) is 50.4 Å². The van der Waals surface area contributed by atoms with E-state index in [1.807, 2.05) is 12.1 Å². The molecule has 4 heteroatoms. The van der Waals surface area contributed by atoms with Gasteiger partial charge in [0, 0.05) is 33.3 Å². The average molecular weight is 238 g/mol. The first-order valence-corrected chi connectivity index (χ1v) is 5.88. The number of nitrogens with zero attached hydrogens (tertiary/aromatic N) is 1. The Labute approximate surface area is 103 Å². The van der Waals surface area contributed by atoms with Gasteiger partial charge in [0.2, 0.25) is 0 Å². The molecule has 17 heavy (non-hydrogen) atoms. The van der Waals surface area contributed by atoms with E-state index < -0.39 is 0 Å². The van der Waals surface area contributed by atoms with Gasteiger partial charge in [-0.1, -0.05) is 12.1 Å². The minimum atomic E-state index is 0.328. The van der Waals surface area contributed by atoms with Crippen molar-refractivity contribution in [2.45, 2.75) is 6.54 Å². The van der Waals surface area contributed by atoms with Crippen LogP contribution < -0.4 is 5.32 Å². The molecule has 4 nitrogen and oxygen atoms in total. The van der Waals surface area contributed by atoms with Crippen molar-refractivity contribution in [3.8, 4) is 5.75 Å². The maximum atomic E-state index is 9.35. The van der Waals surface area contributed by atoms with Crippen molar-refractivity contribution < 1.29 is 9.84 Å². The molecule has 0 unspecified atom stereocenters. The highest BCUT2D eigenvalue weighted by molar-refractivity contribution is 5.26. The molecule has 0 aliphatic heterocycles. The Hall–Kier alpha value is -1.10. The molecule has 0 fully saturated rings. The van der Waals surface area contributed by atoms with E-state index in [0.717, 1.165) is 38.3 Å². The standard InChI is InChI=1S/C13H22N2O2/c1-15(8-6-14-7-9-17-2)11-12-4-3-5-13(16)10-12/h3-5,10,14,16H,6-9,11H2,1-2H3. The predicted octanol–water partition coefficient (Wildman–Crippen LogP) is 1.06. The van der Waals surface area contributed by atoms with Crippen molar-refractivity contribution in [3.63, 3.8) is 0 Å². The van der Waals surface area contributed by atoms with Crippen molar-refractivity contribution in [1.29, 1.82) is 0 Å². The summed E-state index contributed by atoms with van der Waals surface area (Å²) in [5, 5.41) is 12.7. The fourth-order valence-electron chi connectivity index (χ4n) is 1.61. The van der Waals surface area contributed by atoms with Gasteiger partial charge < -0.3 is 20.1 Å². The lowest BCUT2D eigenvalue weighted by atomic mass is 10.2. The van der Waals surface area contributed by atoms with E-state index >= 15 is 0 Å². The summed E-state index contributed by atoms with van der Waals surface area (Å²) in [6.07, 6.45) is 0. The molecule has 1 aromatic carbocycles. The number of phenolic OH excluding ortho intramolecular Hbond substituents is 1. The number of hydrogen-bond acceptors (Lipinski definition) is 4. The summed E-state index contributed by atoms with van der Waals surface area (Å²) < 4.78 is 4.95. The largest absolute Gasteiger partial charge is 0.508 e. The molecule has 0 amide bonds. The zero-order valence-corrected chi connectivity index (χ0v) is 10.6. The molecule has 0 bridgehead atoms. The zero-order valence-electron chi connectivity index (χ0n) is 10.6. The summed E-state index contributed by atoms with van der Waals surface area (Å²) in [6.45, 7) is 4.39. The van der Waals surface area contributed by atoms with E-state index in [1.165, 1.54) is 0 Å². The number of hydrogen-bond donors (Lipinski definition) is 2.